The van der Waals surface area contributed by atoms with Crippen LogP contribution in [-0.4, -0.2) is 23.2 Å². The summed E-state index contributed by atoms with van der Waals surface area (Å²) in [6.45, 7) is 0. The Labute approximate surface area is 165 Å². The first-order chi connectivity index (χ1) is 13.7. The minimum atomic E-state index is -0.399. The number of hydrogen-bond donors (Lipinski definition) is 2. The van der Waals surface area contributed by atoms with E-state index in [1.54, 1.807) is 18.4 Å². The van der Waals surface area contributed by atoms with Crippen molar-refractivity contribution in [1.29, 1.82) is 0 Å². The van der Waals surface area contributed by atoms with Crippen molar-refractivity contribution >= 4 is 28.8 Å². The lowest BCUT2D eigenvalue weighted by Crippen LogP contribution is -2.27. The van der Waals surface area contributed by atoms with Crippen molar-refractivity contribution in [2.45, 2.75) is 24.8 Å². The average Bonchev–Trinajstić information content (AvgIpc) is 3.37. The van der Waals surface area contributed by atoms with E-state index in [4.69, 9.17) is 9.37 Å². The average molecular weight is 394 g/mol. The third-order valence-corrected chi connectivity index (χ3v) is 6.27. The Bertz CT molecular complexity index is 1060. The van der Waals surface area contributed by atoms with Gasteiger partial charge in [0.1, 0.15) is 5.75 Å². The maximum Gasteiger partial charge on any atom is 0.219 e. The third kappa shape index (κ3) is 2.77. The SMILES string of the molecule is COc1ccccc1[C@H]1Nc2nonc2NC2=C1C(=O)C[C@@H](c1cccs1)C2. The number of nitrogens with zero attached hydrogens (tertiary/aromatic N) is 2. The van der Waals surface area contributed by atoms with Crippen LogP contribution in [0.1, 0.15) is 35.2 Å². The van der Waals surface area contributed by atoms with Crippen molar-refractivity contribution in [1.82, 2.24) is 10.3 Å². The molecule has 2 aliphatic rings. The number of carbonyl (C=O) groups is 1. The molecule has 28 heavy (non-hydrogen) atoms. The van der Waals surface area contributed by atoms with Gasteiger partial charge in [0.15, 0.2) is 5.78 Å². The molecule has 1 aliphatic heterocycles. The quantitative estimate of drug-likeness (QED) is 0.691. The lowest BCUT2D eigenvalue weighted by atomic mass is 9.80. The van der Waals surface area contributed by atoms with Crippen molar-refractivity contribution in [2.24, 2.45) is 0 Å². The molecule has 1 aromatic carbocycles. The number of thiophene rings is 1. The zero-order chi connectivity index (χ0) is 19.1. The van der Waals surface area contributed by atoms with E-state index in [9.17, 15) is 4.79 Å². The van der Waals surface area contributed by atoms with E-state index in [2.05, 4.69) is 27.0 Å². The zero-order valence-corrected chi connectivity index (χ0v) is 16.0. The number of aromatic nitrogens is 2. The number of rotatable bonds is 3. The molecule has 3 heterocycles. The van der Waals surface area contributed by atoms with Crippen molar-refractivity contribution < 1.29 is 14.2 Å². The number of fused-ring (bicyclic) bond motifs is 1. The summed E-state index contributed by atoms with van der Waals surface area (Å²) in [5.41, 5.74) is 2.43. The first-order valence-corrected chi connectivity index (χ1v) is 9.91. The van der Waals surface area contributed by atoms with Crippen molar-refractivity contribution in [3.63, 3.8) is 0 Å². The fourth-order valence-electron chi connectivity index (χ4n) is 3.96. The summed E-state index contributed by atoms with van der Waals surface area (Å²) in [5.74, 6) is 1.94. The predicted octanol–water partition coefficient (Wildman–Crippen LogP) is 4.12. The normalized spacial score (nSPS) is 21.2. The lowest BCUT2D eigenvalue weighted by Gasteiger charge is -2.29. The molecule has 0 saturated heterocycles. The van der Waals surface area contributed by atoms with E-state index < -0.39 is 6.04 Å². The molecule has 0 fully saturated rings. The Kier molecular flexibility index (Phi) is 4.12. The fourth-order valence-corrected chi connectivity index (χ4v) is 4.79. The molecule has 5 rings (SSSR count). The van der Waals surface area contributed by atoms with Gasteiger partial charge in [-0.05, 0) is 34.2 Å². The van der Waals surface area contributed by atoms with E-state index in [0.29, 0.717) is 29.4 Å². The number of carbonyl (C=O) groups excluding carboxylic acids is 1. The number of hydrogen-bond acceptors (Lipinski definition) is 8. The molecule has 3 aromatic rings. The second-order valence-electron chi connectivity index (χ2n) is 6.84. The highest BCUT2D eigenvalue weighted by Gasteiger charge is 2.38. The largest absolute Gasteiger partial charge is 0.496 e. The summed E-state index contributed by atoms with van der Waals surface area (Å²) in [7, 11) is 1.63. The van der Waals surface area contributed by atoms with Gasteiger partial charge >= 0.3 is 0 Å². The predicted molar refractivity (Wildman–Crippen MR) is 106 cm³/mol. The minimum absolute atomic E-state index is 0.109. The van der Waals surface area contributed by atoms with E-state index in [1.165, 1.54) is 4.88 Å². The van der Waals surface area contributed by atoms with Gasteiger partial charge in [0, 0.05) is 34.0 Å². The molecule has 0 saturated carbocycles. The Hall–Kier alpha value is -3.13. The molecule has 0 amide bonds. The second-order valence-corrected chi connectivity index (χ2v) is 7.82. The van der Waals surface area contributed by atoms with Crippen LogP contribution in [-0.2, 0) is 4.79 Å². The Morgan fingerprint density at radius 2 is 2.00 bits per heavy atom. The van der Waals surface area contributed by atoms with E-state index in [0.717, 1.165) is 17.7 Å². The van der Waals surface area contributed by atoms with Gasteiger partial charge in [-0.2, -0.15) is 0 Å². The first-order valence-electron chi connectivity index (χ1n) is 9.03. The zero-order valence-electron chi connectivity index (χ0n) is 15.1. The standard InChI is InChI=1S/C20H18N4O3S/c1-26-15-6-3-2-5-12(15)18-17-13(21-19-20(22-18)24-27-23-19)9-11(10-14(17)25)16-7-4-8-28-16/h2-8,11,18H,9-10H2,1H3,(H,21,23)(H,22,24)/t11-,18+/m0/s1. The Morgan fingerprint density at radius 1 is 1.14 bits per heavy atom. The maximum absolute atomic E-state index is 13.3. The number of anilines is 2. The Morgan fingerprint density at radius 3 is 2.82 bits per heavy atom. The van der Waals surface area contributed by atoms with Gasteiger partial charge in [-0.25, -0.2) is 4.63 Å². The number of ether oxygens (including phenoxy) is 1. The summed E-state index contributed by atoms with van der Waals surface area (Å²) in [6.07, 6.45) is 1.20. The smallest absolute Gasteiger partial charge is 0.219 e. The molecule has 0 radical (unpaired) electrons. The van der Waals surface area contributed by atoms with Crippen LogP contribution in [0.15, 0.2) is 57.7 Å². The van der Waals surface area contributed by atoms with Crippen LogP contribution in [0.25, 0.3) is 0 Å². The van der Waals surface area contributed by atoms with Crippen molar-refractivity contribution in [3.8, 4) is 5.75 Å². The van der Waals surface area contributed by atoms with Crippen molar-refractivity contribution in [3.05, 3.63) is 63.5 Å². The van der Waals surface area contributed by atoms with Crippen LogP contribution >= 0.6 is 11.3 Å². The van der Waals surface area contributed by atoms with Gasteiger partial charge in [-0.15, -0.1) is 11.3 Å². The molecule has 7 nitrogen and oxygen atoms in total. The molecule has 142 valence electrons. The van der Waals surface area contributed by atoms with Crippen LogP contribution in [0.4, 0.5) is 11.6 Å². The minimum Gasteiger partial charge on any atom is -0.496 e. The molecular formula is C20H18N4O3S. The number of ketones is 1. The van der Waals surface area contributed by atoms with E-state index >= 15 is 0 Å². The number of nitrogens with one attached hydrogen (secondary N) is 2. The monoisotopic (exact) mass is 394 g/mol. The molecule has 1 aliphatic carbocycles. The summed E-state index contributed by atoms with van der Waals surface area (Å²) < 4.78 is 10.5. The summed E-state index contributed by atoms with van der Waals surface area (Å²) >= 11 is 1.68. The van der Waals surface area contributed by atoms with Crippen LogP contribution in [0.2, 0.25) is 0 Å². The maximum atomic E-state index is 13.3. The van der Waals surface area contributed by atoms with Crippen LogP contribution in [0.5, 0.6) is 5.75 Å². The molecule has 2 N–H and O–H groups in total. The highest BCUT2D eigenvalue weighted by molar-refractivity contribution is 7.10. The number of methoxy groups -OCH3 is 1. The van der Waals surface area contributed by atoms with Crippen LogP contribution < -0.4 is 15.4 Å². The third-order valence-electron chi connectivity index (χ3n) is 5.23. The Balaban J connectivity index is 1.64. The molecule has 2 atom stereocenters. The van der Waals surface area contributed by atoms with Crippen LogP contribution in [0, 0.1) is 0 Å². The van der Waals surface area contributed by atoms with Crippen molar-refractivity contribution in [2.75, 3.05) is 17.7 Å². The fraction of sp³-hybridized carbons (Fsp3) is 0.250. The van der Waals surface area contributed by atoms with E-state index in [-0.39, 0.29) is 11.7 Å². The van der Waals surface area contributed by atoms with E-state index in [1.807, 2.05) is 35.7 Å². The van der Waals surface area contributed by atoms with Gasteiger partial charge in [0.2, 0.25) is 11.6 Å². The molecule has 2 aromatic heterocycles. The lowest BCUT2D eigenvalue weighted by molar-refractivity contribution is -0.116. The van der Waals surface area contributed by atoms with Gasteiger partial charge in [-0.1, -0.05) is 24.3 Å². The number of benzene rings is 1. The number of Topliss-reactive ketones (excluding diaryl/α,β-unsaturated/α-hetero) is 1. The number of allylic oxidation sites excluding steroid dienone is 1. The van der Waals surface area contributed by atoms with Gasteiger partial charge < -0.3 is 15.4 Å². The topological polar surface area (TPSA) is 89.3 Å². The highest BCUT2D eigenvalue weighted by atomic mass is 32.1. The molecule has 0 bridgehead atoms. The summed E-state index contributed by atoms with van der Waals surface area (Å²) in [4.78, 5) is 14.5. The number of para-hydroxylation sites is 1. The molecule has 8 heteroatoms. The molecular weight excluding hydrogens is 376 g/mol. The second kappa shape index (κ2) is 6.79. The first kappa shape index (κ1) is 17.0. The van der Waals surface area contributed by atoms with Gasteiger partial charge in [-0.3, -0.25) is 4.79 Å². The molecule has 0 spiro atoms. The van der Waals surface area contributed by atoms with Crippen LogP contribution in [0.3, 0.4) is 0 Å². The summed E-state index contributed by atoms with van der Waals surface area (Å²) in [5, 5.41) is 16.6. The summed E-state index contributed by atoms with van der Waals surface area (Å²) in [6, 6.07) is 11.4. The highest BCUT2D eigenvalue weighted by Crippen LogP contribution is 2.45. The van der Waals surface area contributed by atoms with Gasteiger partial charge in [0.25, 0.3) is 0 Å². The molecule has 0 unspecified atom stereocenters. The van der Waals surface area contributed by atoms with Gasteiger partial charge in [0.05, 0.1) is 13.2 Å².